The van der Waals surface area contributed by atoms with Crippen LogP contribution in [0.15, 0.2) is 60.3 Å². The van der Waals surface area contributed by atoms with Crippen molar-refractivity contribution in [2.45, 2.75) is 12.8 Å². The average Bonchev–Trinajstić information content (AvgIpc) is 2.83. The third kappa shape index (κ3) is 0.747. The van der Waals surface area contributed by atoms with Crippen molar-refractivity contribution in [1.29, 1.82) is 0 Å². The maximum atomic E-state index is 3.91. The number of rotatable bonds is 2. The summed E-state index contributed by atoms with van der Waals surface area (Å²) in [7, 11) is 0. The molecule has 70 valence electrons. The largest absolute Gasteiger partial charge is 0.0988 e. The molecular formula is C14H14. The van der Waals surface area contributed by atoms with Gasteiger partial charge in [-0.25, -0.2) is 0 Å². The molecule has 2 unspecified atom stereocenters. The second-order valence-electron chi connectivity index (χ2n) is 4.46. The van der Waals surface area contributed by atoms with Gasteiger partial charge < -0.3 is 0 Å². The molecule has 1 saturated carbocycles. The highest BCUT2D eigenvalue weighted by Gasteiger charge is 2.59. The Hall–Kier alpha value is -1.30. The first-order valence-corrected chi connectivity index (χ1v) is 5.19. The fourth-order valence-electron chi connectivity index (χ4n) is 3.03. The Bertz CT molecular complexity index is 417. The first-order chi connectivity index (χ1) is 6.81. The van der Waals surface area contributed by atoms with Gasteiger partial charge in [-0.15, -0.1) is 0 Å². The van der Waals surface area contributed by atoms with Gasteiger partial charge in [-0.2, -0.15) is 0 Å². The summed E-state index contributed by atoms with van der Waals surface area (Å²) in [6.07, 6.45) is 13.3. The predicted molar refractivity (Wildman–Crippen MR) is 59.8 cm³/mol. The molecule has 14 heavy (non-hydrogen) atoms. The van der Waals surface area contributed by atoms with Crippen LogP contribution in [-0.4, -0.2) is 0 Å². The zero-order chi connectivity index (χ0) is 9.76. The normalized spacial score (nSPS) is 37.4. The summed E-state index contributed by atoms with van der Waals surface area (Å²) in [5, 5.41) is 0. The van der Waals surface area contributed by atoms with E-state index in [0.29, 0.717) is 5.41 Å². The van der Waals surface area contributed by atoms with Crippen molar-refractivity contribution in [3.63, 3.8) is 0 Å². The topological polar surface area (TPSA) is 0 Å². The van der Waals surface area contributed by atoms with Gasteiger partial charge in [-0.3, -0.25) is 0 Å². The lowest BCUT2D eigenvalue weighted by Crippen LogP contribution is -2.04. The highest BCUT2D eigenvalue weighted by Crippen LogP contribution is 2.68. The molecule has 3 rings (SSSR count). The summed E-state index contributed by atoms with van der Waals surface area (Å²) < 4.78 is 0. The van der Waals surface area contributed by atoms with Crippen molar-refractivity contribution in [3.8, 4) is 0 Å². The summed E-state index contributed by atoms with van der Waals surface area (Å²) in [4.78, 5) is 0. The van der Waals surface area contributed by atoms with Crippen LogP contribution in [0, 0.1) is 11.3 Å². The first kappa shape index (κ1) is 8.05. The van der Waals surface area contributed by atoms with Gasteiger partial charge in [0, 0.05) is 5.41 Å². The van der Waals surface area contributed by atoms with Crippen molar-refractivity contribution in [2.75, 3.05) is 0 Å². The van der Waals surface area contributed by atoms with Gasteiger partial charge in [0.25, 0.3) is 0 Å². The van der Waals surface area contributed by atoms with Crippen molar-refractivity contribution in [3.05, 3.63) is 60.3 Å². The monoisotopic (exact) mass is 182 g/mol. The highest BCUT2D eigenvalue weighted by molar-refractivity contribution is 5.61. The molecule has 0 bridgehead atoms. The van der Waals surface area contributed by atoms with Gasteiger partial charge in [-0.05, 0) is 35.5 Å². The number of hydrogen-bond donors (Lipinski definition) is 0. The van der Waals surface area contributed by atoms with E-state index in [0.717, 1.165) is 5.92 Å². The molecule has 0 amide bonds. The van der Waals surface area contributed by atoms with E-state index in [2.05, 4.69) is 31.4 Å². The van der Waals surface area contributed by atoms with E-state index in [4.69, 9.17) is 0 Å². The van der Waals surface area contributed by atoms with Crippen LogP contribution < -0.4 is 0 Å². The van der Waals surface area contributed by atoms with Gasteiger partial charge in [0.15, 0.2) is 0 Å². The van der Waals surface area contributed by atoms with Crippen molar-refractivity contribution >= 4 is 0 Å². The Balaban J connectivity index is 2.16. The minimum Gasteiger partial charge on any atom is -0.0988 e. The molecule has 3 aliphatic rings. The highest BCUT2D eigenvalue weighted by atomic mass is 14.6. The van der Waals surface area contributed by atoms with Crippen LogP contribution in [0.2, 0.25) is 0 Å². The van der Waals surface area contributed by atoms with E-state index in [1.807, 2.05) is 12.2 Å². The Morgan fingerprint density at radius 3 is 2.93 bits per heavy atom. The summed E-state index contributed by atoms with van der Waals surface area (Å²) in [6.45, 7) is 7.81. The second-order valence-corrected chi connectivity index (χ2v) is 4.46. The Labute approximate surface area is 85.0 Å². The minimum absolute atomic E-state index is 0.460. The van der Waals surface area contributed by atoms with Crippen LogP contribution >= 0.6 is 0 Å². The zero-order valence-electron chi connectivity index (χ0n) is 8.29. The SMILES string of the molecule is C=CC1=C(C=C)C2=CC=CC3CC23C1. The lowest BCUT2D eigenvalue weighted by atomic mass is 9.89. The molecule has 0 aromatic heterocycles. The van der Waals surface area contributed by atoms with Gasteiger partial charge in [0.05, 0.1) is 0 Å². The first-order valence-electron chi connectivity index (χ1n) is 5.19. The summed E-state index contributed by atoms with van der Waals surface area (Å²) in [6, 6.07) is 0. The van der Waals surface area contributed by atoms with E-state index in [9.17, 15) is 0 Å². The summed E-state index contributed by atoms with van der Waals surface area (Å²) in [5.41, 5.74) is 4.70. The lowest BCUT2D eigenvalue weighted by Gasteiger charge is -2.14. The van der Waals surface area contributed by atoms with Gasteiger partial charge in [0.2, 0.25) is 0 Å². The number of allylic oxidation sites excluding steroid dienone is 8. The molecule has 1 fully saturated rings. The Kier molecular flexibility index (Phi) is 1.37. The molecule has 3 aliphatic carbocycles. The Morgan fingerprint density at radius 1 is 1.36 bits per heavy atom. The second kappa shape index (κ2) is 2.38. The van der Waals surface area contributed by atoms with Crippen LogP contribution in [0.4, 0.5) is 0 Å². The molecule has 0 aliphatic heterocycles. The molecule has 0 heterocycles. The molecule has 1 spiro atoms. The molecule has 0 aromatic rings. The average molecular weight is 182 g/mol. The van der Waals surface area contributed by atoms with E-state index >= 15 is 0 Å². The van der Waals surface area contributed by atoms with E-state index in [1.165, 1.54) is 29.6 Å². The molecule has 0 aromatic carbocycles. The quantitative estimate of drug-likeness (QED) is 0.612. The van der Waals surface area contributed by atoms with Crippen molar-refractivity contribution in [2.24, 2.45) is 11.3 Å². The molecular weight excluding hydrogens is 168 g/mol. The third-order valence-corrected chi connectivity index (χ3v) is 3.87. The lowest BCUT2D eigenvalue weighted by molar-refractivity contribution is 0.606. The van der Waals surface area contributed by atoms with Crippen LogP contribution in [0.3, 0.4) is 0 Å². The zero-order valence-corrected chi connectivity index (χ0v) is 8.29. The molecule has 0 radical (unpaired) electrons. The van der Waals surface area contributed by atoms with Crippen LogP contribution in [0.25, 0.3) is 0 Å². The standard InChI is InChI=1S/C14H14/c1-3-10-8-14-9-11(14)6-5-7-13(14)12(10)4-2/h3-7,11H,1-2,8-9H2. The summed E-state index contributed by atoms with van der Waals surface area (Å²) >= 11 is 0. The van der Waals surface area contributed by atoms with Crippen molar-refractivity contribution in [1.82, 2.24) is 0 Å². The van der Waals surface area contributed by atoms with Crippen LogP contribution in [0.1, 0.15) is 12.8 Å². The smallest absolute Gasteiger partial charge is 0.00686 e. The Morgan fingerprint density at radius 2 is 2.21 bits per heavy atom. The molecule has 0 heteroatoms. The summed E-state index contributed by atoms with van der Waals surface area (Å²) in [5.74, 6) is 0.787. The number of hydrogen-bond acceptors (Lipinski definition) is 0. The van der Waals surface area contributed by atoms with Gasteiger partial charge in [0.1, 0.15) is 0 Å². The third-order valence-electron chi connectivity index (χ3n) is 3.87. The molecule has 2 atom stereocenters. The molecule has 0 N–H and O–H groups in total. The maximum Gasteiger partial charge on any atom is 0.00686 e. The van der Waals surface area contributed by atoms with Gasteiger partial charge >= 0.3 is 0 Å². The van der Waals surface area contributed by atoms with Crippen molar-refractivity contribution < 1.29 is 0 Å². The van der Waals surface area contributed by atoms with E-state index in [1.54, 1.807) is 0 Å². The molecule has 0 saturated heterocycles. The fourth-order valence-corrected chi connectivity index (χ4v) is 3.03. The van der Waals surface area contributed by atoms with E-state index in [-0.39, 0.29) is 0 Å². The molecule has 0 nitrogen and oxygen atoms in total. The maximum absolute atomic E-state index is 3.91. The predicted octanol–water partition coefficient (Wildman–Crippen LogP) is 3.56. The van der Waals surface area contributed by atoms with Crippen LogP contribution in [-0.2, 0) is 0 Å². The minimum atomic E-state index is 0.460. The van der Waals surface area contributed by atoms with E-state index < -0.39 is 0 Å². The van der Waals surface area contributed by atoms with Gasteiger partial charge in [-0.1, -0.05) is 43.5 Å². The fraction of sp³-hybridized carbons (Fsp3) is 0.286. The van der Waals surface area contributed by atoms with Crippen LogP contribution in [0.5, 0.6) is 0 Å².